The van der Waals surface area contributed by atoms with E-state index in [9.17, 15) is 19.7 Å². The number of amides is 1. The van der Waals surface area contributed by atoms with E-state index in [2.05, 4.69) is 10.3 Å². The highest BCUT2D eigenvalue weighted by atomic mass is 32.1. The molecule has 0 fully saturated rings. The van der Waals surface area contributed by atoms with Gasteiger partial charge < -0.3 is 10.1 Å². The third kappa shape index (κ3) is 4.04. The van der Waals surface area contributed by atoms with Crippen molar-refractivity contribution in [3.63, 3.8) is 0 Å². The molecule has 0 aliphatic rings. The molecule has 0 aliphatic carbocycles. The Morgan fingerprint density at radius 2 is 2.00 bits per heavy atom. The number of nitro benzene ring substituents is 1. The van der Waals surface area contributed by atoms with Crippen molar-refractivity contribution in [2.24, 2.45) is 0 Å². The summed E-state index contributed by atoms with van der Waals surface area (Å²) < 4.78 is 5.13. The number of hydrogen-bond donors (Lipinski definition) is 1. The van der Waals surface area contributed by atoms with E-state index < -0.39 is 16.8 Å². The molecule has 2 aromatic heterocycles. The Balaban J connectivity index is 1.98. The van der Waals surface area contributed by atoms with E-state index >= 15 is 0 Å². The number of thiophene rings is 1. The molecular weight excluding hydrogens is 382 g/mol. The molecule has 0 saturated heterocycles. The van der Waals surface area contributed by atoms with Crippen molar-refractivity contribution in [3.8, 4) is 11.1 Å². The summed E-state index contributed by atoms with van der Waals surface area (Å²) in [5.41, 5.74) is 1.63. The number of esters is 1. The number of nitro groups is 1. The van der Waals surface area contributed by atoms with Crippen LogP contribution >= 0.6 is 11.3 Å². The highest BCUT2D eigenvalue weighted by Gasteiger charge is 2.23. The van der Waals surface area contributed by atoms with Crippen molar-refractivity contribution in [1.82, 2.24) is 4.98 Å². The number of carbonyl (C=O) groups is 2. The number of carbonyl (C=O) groups excluding carboxylic acids is 2. The molecule has 1 amide bonds. The molecule has 0 aliphatic heterocycles. The molecule has 8 nitrogen and oxygen atoms in total. The van der Waals surface area contributed by atoms with Gasteiger partial charge in [-0.15, -0.1) is 11.3 Å². The van der Waals surface area contributed by atoms with Crippen LogP contribution in [0.5, 0.6) is 0 Å². The summed E-state index contributed by atoms with van der Waals surface area (Å²) in [6.07, 6.45) is 2.98. The van der Waals surface area contributed by atoms with Crippen LogP contribution in [0.4, 0.5) is 10.7 Å². The highest BCUT2D eigenvalue weighted by Crippen LogP contribution is 2.37. The Morgan fingerprint density at radius 1 is 1.25 bits per heavy atom. The fourth-order valence-corrected chi connectivity index (χ4v) is 3.46. The molecule has 2 heterocycles. The molecule has 0 saturated carbocycles. The topological polar surface area (TPSA) is 111 Å². The minimum Gasteiger partial charge on any atom is -0.462 e. The van der Waals surface area contributed by atoms with Crippen LogP contribution in [0.1, 0.15) is 27.6 Å². The first-order valence-electron chi connectivity index (χ1n) is 8.26. The summed E-state index contributed by atoms with van der Waals surface area (Å²) in [6.45, 7) is 1.86. The number of anilines is 1. The van der Waals surface area contributed by atoms with Gasteiger partial charge in [-0.25, -0.2) is 4.79 Å². The quantitative estimate of drug-likeness (QED) is 0.380. The van der Waals surface area contributed by atoms with E-state index in [-0.39, 0.29) is 17.9 Å². The maximum Gasteiger partial charge on any atom is 0.341 e. The first-order valence-corrected chi connectivity index (χ1v) is 9.14. The van der Waals surface area contributed by atoms with E-state index in [1.54, 1.807) is 42.8 Å². The summed E-state index contributed by atoms with van der Waals surface area (Å²) >= 11 is 1.17. The Hall–Kier alpha value is -3.59. The van der Waals surface area contributed by atoms with Gasteiger partial charge in [-0.2, -0.15) is 0 Å². The monoisotopic (exact) mass is 397 g/mol. The van der Waals surface area contributed by atoms with E-state index in [0.717, 1.165) is 0 Å². The number of nitrogens with zero attached hydrogens (tertiary/aromatic N) is 2. The maximum absolute atomic E-state index is 12.5. The average molecular weight is 397 g/mol. The van der Waals surface area contributed by atoms with E-state index in [1.165, 1.54) is 29.7 Å². The number of aromatic nitrogens is 1. The molecule has 0 unspecified atom stereocenters. The van der Waals surface area contributed by atoms with Gasteiger partial charge >= 0.3 is 5.97 Å². The first-order chi connectivity index (χ1) is 13.5. The van der Waals surface area contributed by atoms with E-state index in [1.807, 2.05) is 0 Å². The molecule has 28 heavy (non-hydrogen) atoms. The number of rotatable bonds is 6. The van der Waals surface area contributed by atoms with Crippen LogP contribution in [0.3, 0.4) is 0 Å². The van der Waals surface area contributed by atoms with E-state index in [4.69, 9.17) is 4.74 Å². The molecule has 1 N–H and O–H groups in total. The van der Waals surface area contributed by atoms with Gasteiger partial charge in [0.15, 0.2) is 0 Å². The number of nitrogens with one attached hydrogen (secondary N) is 1. The van der Waals surface area contributed by atoms with Crippen LogP contribution in [0.2, 0.25) is 0 Å². The lowest BCUT2D eigenvalue weighted by Gasteiger charge is -2.09. The first kappa shape index (κ1) is 19.2. The van der Waals surface area contributed by atoms with Crippen molar-refractivity contribution in [2.45, 2.75) is 6.92 Å². The molecule has 0 atom stereocenters. The Morgan fingerprint density at radius 3 is 2.61 bits per heavy atom. The van der Waals surface area contributed by atoms with Crippen LogP contribution in [-0.4, -0.2) is 28.4 Å². The Kier molecular flexibility index (Phi) is 5.75. The van der Waals surface area contributed by atoms with Crippen molar-refractivity contribution < 1.29 is 19.2 Å². The molecular formula is C19H15N3O5S. The summed E-state index contributed by atoms with van der Waals surface area (Å²) in [4.78, 5) is 39.2. The van der Waals surface area contributed by atoms with Crippen molar-refractivity contribution in [3.05, 3.63) is 75.4 Å². The van der Waals surface area contributed by atoms with Gasteiger partial charge in [0.2, 0.25) is 0 Å². The van der Waals surface area contributed by atoms with Crippen molar-refractivity contribution >= 4 is 33.9 Å². The molecule has 1 aromatic carbocycles. The largest absolute Gasteiger partial charge is 0.462 e. The molecule has 3 aromatic rings. The zero-order valence-electron chi connectivity index (χ0n) is 14.7. The number of non-ortho nitro benzene ring substituents is 1. The normalized spacial score (nSPS) is 10.3. The molecule has 0 spiro atoms. The lowest BCUT2D eigenvalue weighted by atomic mass is 10.0. The van der Waals surface area contributed by atoms with Crippen LogP contribution in [-0.2, 0) is 4.74 Å². The van der Waals surface area contributed by atoms with Gasteiger partial charge in [0.25, 0.3) is 11.6 Å². The molecule has 9 heteroatoms. The van der Waals surface area contributed by atoms with Gasteiger partial charge in [0, 0.05) is 35.5 Å². The van der Waals surface area contributed by atoms with Crippen molar-refractivity contribution in [1.29, 1.82) is 0 Å². The van der Waals surface area contributed by atoms with E-state index in [0.29, 0.717) is 21.7 Å². The summed E-state index contributed by atoms with van der Waals surface area (Å²) in [6, 6.07) is 9.06. The van der Waals surface area contributed by atoms with Gasteiger partial charge in [-0.05, 0) is 36.8 Å². The predicted octanol–water partition coefficient (Wildman–Crippen LogP) is 4.15. The van der Waals surface area contributed by atoms with Gasteiger partial charge in [0.05, 0.1) is 17.1 Å². The van der Waals surface area contributed by atoms with Crippen LogP contribution in [0.25, 0.3) is 11.1 Å². The zero-order chi connectivity index (χ0) is 20.1. The highest BCUT2D eigenvalue weighted by molar-refractivity contribution is 7.15. The minimum atomic E-state index is -0.585. The minimum absolute atomic E-state index is 0.0539. The van der Waals surface area contributed by atoms with Crippen LogP contribution < -0.4 is 5.32 Å². The SMILES string of the molecule is CCOC(=O)c1c(-c2ccc([N+](=O)[O-])cc2)csc1NC(=O)c1cccnc1. The summed E-state index contributed by atoms with van der Waals surface area (Å²) in [5.74, 6) is -0.991. The lowest BCUT2D eigenvalue weighted by molar-refractivity contribution is -0.384. The number of hydrogen-bond acceptors (Lipinski definition) is 7. The maximum atomic E-state index is 12.5. The molecule has 0 bridgehead atoms. The fraction of sp³-hybridized carbons (Fsp3) is 0.105. The predicted molar refractivity (Wildman–Crippen MR) is 105 cm³/mol. The van der Waals surface area contributed by atoms with Crippen LogP contribution in [0.15, 0.2) is 54.2 Å². The second-order valence-corrected chi connectivity index (χ2v) is 6.45. The lowest BCUT2D eigenvalue weighted by Crippen LogP contribution is -2.15. The van der Waals surface area contributed by atoms with Crippen LogP contribution in [0, 0.1) is 10.1 Å². The second kappa shape index (κ2) is 8.40. The standard InChI is InChI=1S/C19H15N3O5S/c1-2-27-19(24)16-15(12-5-7-14(8-6-12)22(25)26)11-28-18(16)21-17(23)13-4-3-9-20-10-13/h3-11H,2H2,1H3,(H,21,23). The van der Waals surface area contributed by atoms with Gasteiger partial charge in [-0.1, -0.05) is 0 Å². The number of ether oxygens (including phenoxy) is 1. The number of pyridine rings is 1. The second-order valence-electron chi connectivity index (χ2n) is 5.57. The summed E-state index contributed by atoms with van der Waals surface area (Å²) in [5, 5.41) is 15.6. The molecule has 0 radical (unpaired) electrons. The third-order valence-electron chi connectivity index (χ3n) is 3.81. The van der Waals surface area contributed by atoms with Gasteiger partial charge in [-0.3, -0.25) is 19.9 Å². The van der Waals surface area contributed by atoms with Gasteiger partial charge in [0.1, 0.15) is 10.6 Å². The Bertz CT molecular complexity index is 1020. The molecule has 3 rings (SSSR count). The third-order valence-corrected chi connectivity index (χ3v) is 4.71. The summed E-state index contributed by atoms with van der Waals surface area (Å²) in [7, 11) is 0. The smallest absolute Gasteiger partial charge is 0.341 e. The zero-order valence-corrected chi connectivity index (χ0v) is 15.6. The number of benzene rings is 1. The Labute approximate surface area is 164 Å². The van der Waals surface area contributed by atoms with Crippen molar-refractivity contribution in [2.75, 3.05) is 11.9 Å². The fourth-order valence-electron chi connectivity index (χ4n) is 2.50. The molecule has 142 valence electrons. The average Bonchev–Trinajstić information content (AvgIpc) is 3.12.